The van der Waals surface area contributed by atoms with Gasteiger partial charge in [0.25, 0.3) is 11.8 Å². The molecule has 1 aromatic heterocycles. The maximum Gasteiger partial charge on any atom is 0.271 e. The third kappa shape index (κ3) is 2.45. The molecule has 0 aliphatic rings. The molecular weight excluding hydrogens is 284 g/mol. The smallest absolute Gasteiger partial charge is 0.271 e. The number of hydrogen-bond donors (Lipinski definition) is 2. The van der Waals surface area contributed by atoms with Crippen molar-refractivity contribution in [2.75, 3.05) is 0 Å². The predicted molar refractivity (Wildman–Crippen MR) is 67.2 cm³/mol. The second-order valence-electron chi connectivity index (χ2n) is 4.27. The molecule has 0 spiro atoms. The van der Waals surface area contributed by atoms with Gasteiger partial charge in [-0.25, -0.2) is 13.5 Å². The van der Waals surface area contributed by atoms with Gasteiger partial charge in [0.2, 0.25) is 0 Å². The molecule has 110 valence electrons. The minimum absolute atomic E-state index is 0.332. The van der Waals surface area contributed by atoms with Crippen LogP contribution in [0, 0.1) is 11.6 Å². The van der Waals surface area contributed by atoms with Gasteiger partial charge >= 0.3 is 0 Å². The quantitative estimate of drug-likeness (QED) is 0.847. The lowest BCUT2D eigenvalue weighted by molar-refractivity contribution is 0.0958. The number of nitrogens with two attached hydrogens (primary N) is 2. The lowest BCUT2D eigenvalue weighted by atomic mass is 10.1. The van der Waals surface area contributed by atoms with Gasteiger partial charge in [0.15, 0.2) is 11.4 Å². The first kappa shape index (κ1) is 14.6. The molecule has 9 heteroatoms. The molecule has 21 heavy (non-hydrogen) atoms. The Morgan fingerprint density at radius 3 is 2.24 bits per heavy atom. The molecule has 4 N–H and O–H groups in total. The Labute approximate surface area is 117 Å². The minimum Gasteiger partial charge on any atom is -0.364 e. The van der Waals surface area contributed by atoms with Gasteiger partial charge in [-0.3, -0.25) is 9.59 Å². The zero-order valence-electron chi connectivity index (χ0n) is 10.9. The Balaban J connectivity index is 2.62. The number of benzene rings is 1. The van der Waals surface area contributed by atoms with Crippen LogP contribution < -0.4 is 11.5 Å². The van der Waals surface area contributed by atoms with E-state index in [0.717, 1.165) is 16.8 Å². The summed E-state index contributed by atoms with van der Waals surface area (Å²) in [6, 6.07) is 2.27. The SMILES string of the molecule is C[C@H](c1c(F)cccc1F)n1nnc(C(N)=O)c1C(N)=O. The maximum atomic E-state index is 13.8. The zero-order valence-corrected chi connectivity index (χ0v) is 10.9. The molecule has 2 aromatic rings. The number of hydrogen-bond acceptors (Lipinski definition) is 4. The number of nitrogens with zero attached hydrogens (tertiary/aromatic N) is 3. The molecule has 0 saturated heterocycles. The molecule has 1 aromatic carbocycles. The summed E-state index contributed by atoms with van der Waals surface area (Å²) < 4.78 is 28.4. The van der Waals surface area contributed by atoms with E-state index in [0.29, 0.717) is 0 Å². The van der Waals surface area contributed by atoms with E-state index >= 15 is 0 Å². The van der Waals surface area contributed by atoms with E-state index in [1.807, 2.05) is 0 Å². The van der Waals surface area contributed by atoms with E-state index in [1.54, 1.807) is 0 Å². The van der Waals surface area contributed by atoms with Gasteiger partial charge in [-0.05, 0) is 19.1 Å². The van der Waals surface area contributed by atoms with Crippen LogP contribution in [0.1, 0.15) is 39.5 Å². The molecular formula is C12H11F2N5O2. The summed E-state index contributed by atoms with van der Waals surface area (Å²) in [7, 11) is 0. The fourth-order valence-electron chi connectivity index (χ4n) is 1.99. The van der Waals surface area contributed by atoms with Crippen molar-refractivity contribution in [3.8, 4) is 0 Å². The highest BCUT2D eigenvalue weighted by Crippen LogP contribution is 2.25. The molecule has 0 aliphatic heterocycles. The molecule has 0 aliphatic carbocycles. The molecule has 2 amide bonds. The van der Waals surface area contributed by atoms with Crippen molar-refractivity contribution in [1.29, 1.82) is 0 Å². The number of amides is 2. The van der Waals surface area contributed by atoms with Crippen LogP contribution in [0.4, 0.5) is 8.78 Å². The molecule has 1 heterocycles. The van der Waals surface area contributed by atoms with Crippen molar-refractivity contribution in [2.45, 2.75) is 13.0 Å². The van der Waals surface area contributed by atoms with E-state index in [1.165, 1.54) is 13.0 Å². The summed E-state index contributed by atoms with van der Waals surface area (Å²) in [6.45, 7) is 1.38. The summed E-state index contributed by atoms with van der Waals surface area (Å²) in [4.78, 5) is 22.6. The first-order valence-electron chi connectivity index (χ1n) is 5.83. The number of carbonyl (C=O) groups is 2. The Morgan fingerprint density at radius 1 is 1.19 bits per heavy atom. The second-order valence-corrected chi connectivity index (χ2v) is 4.27. The third-order valence-electron chi connectivity index (χ3n) is 2.95. The van der Waals surface area contributed by atoms with Crippen LogP contribution in [-0.2, 0) is 0 Å². The molecule has 7 nitrogen and oxygen atoms in total. The molecule has 1 atom stereocenters. The van der Waals surface area contributed by atoms with Crippen LogP contribution >= 0.6 is 0 Å². The Bertz CT molecular complexity index is 708. The summed E-state index contributed by atoms with van der Waals surface area (Å²) in [5.41, 5.74) is 9.02. The zero-order chi connectivity index (χ0) is 15.7. The van der Waals surface area contributed by atoms with Crippen molar-refractivity contribution < 1.29 is 18.4 Å². The Morgan fingerprint density at radius 2 is 1.76 bits per heavy atom. The lowest BCUT2D eigenvalue weighted by Gasteiger charge is -2.15. The summed E-state index contributed by atoms with van der Waals surface area (Å²) in [5, 5.41) is 6.98. The van der Waals surface area contributed by atoms with Gasteiger partial charge in [-0.2, -0.15) is 0 Å². The van der Waals surface area contributed by atoms with Crippen LogP contribution in [0.25, 0.3) is 0 Å². The van der Waals surface area contributed by atoms with Gasteiger partial charge in [0.05, 0.1) is 6.04 Å². The fraction of sp³-hybridized carbons (Fsp3) is 0.167. The average Bonchev–Trinajstić information content (AvgIpc) is 2.83. The molecule has 0 unspecified atom stereocenters. The summed E-state index contributed by atoms with van der Waals surface area (Å²) in [5.74, 6) is -3.70. The third-order valence-corrected chi connectivity index (χ3v) is 2.95. The van der Waals surface area contributed by atoms with Crippen molar-refractivity contribution in [2.24, 2.45) is 11.5 Å². The maximum absolute atomic E-state index is 13.8. The highest BCUT2D eigenvalue weighted by atomic mass is 19.1. The second kappa shape index (κ2) is 5.27. The van der Waals surface area contributed by atoms with Crippen molar-refractivity contribution >= 4 is 11.8 Å². The Hall–Kier alpha value is -2.84. The highest BCUT2D eigenvalue weighted by molar-refractivity contribution is 6.03. The number of rotatable bonds is 4. The fourth-order valence-corrected chi connectivity index (χ4v) is 1.99. The molecule has 2 rings (SSSR count). The van der Waals surface area contributed by atoms with Gasteiger partial charge < -0.3 is 11.5 Å². The molecule has 0 fully saturated rings. The van der Waals surface area contributed by atoms with E-state index in [9.17, 15) is 18.4 Å². The van der Waals surface area contributed by atoms with Crippen molar-refractivity contribution in [3.05, 3.63) is 46.8 Å². The average molecular weight is 295 g/mol. The number of carbonyl (C=O) groups excluding carboxylic acids is 2. The van der Waals surface area contributed by atoms with E-state index < -0.39 is 40.9 Å². The van der Waals surface area contributed by atoms with Crippen LogP contribution in [0.3, 0.4) is 0 Å². The number of aromatic nitrogens is 3. The van der Waals surface area contributed by atoms with Crippen LogP contribution in [0.15, 0.2) is 18.2 Å². The van der Waals surface area contributed by atoms with Gasteiger partial charge in [-0.15, -0.1) is 5.10 Å². The van der Waals surface area contributed by atoms with E-state index in [2.05, 4.69) is 10.3 Å². The highest BCUT2D eigenvalue weighted by Gasteiger charge is 2.27. The topological polar surface area (TPSA) is 117 Å². The predicted octanol–water partition coefficient (Wildman–Crippen LogP) is 0.363. The minimum atomic E-state index is -1.05. The molecule has 0 bridgehead atoms. The summed E-state index contributed by atoms with van der Waals surface area (Å²) >= 11 is 0. The number of halogens is 2. The van der Waals surface area contributed by atoms with Gasteiger partial charge in [-0.1, -0.05) is 11.3 Å². The normalized spacial score (nSPS) is 12.1. The van der Waals surface area contributed by atoms with Crippen LogP contribution in [-0.4, -0.2) is 26.8 Å². The molecule has 0 radical (unpaired) electrons. The first-order valence-corrected chi connectivity index (χ1v) is 5.83. The lowest BCUT2D eigenvalue weighted by Crippen LogP contribution is -2.25. The van der Waals surface area contributed by atoms with E-state index in [-0.39, 0.29) is 5.56 Å². The molecule has 0 saturated carbocycles. The largest absolute Gasteiger partial charge is 0.364 e. The first-order chi connectivity index (χ1) is 9.84. The number of primary amides is 2. The standard InChI is InChI=1S/C12H11F2N5O2/c1-5(8-6(13)3-2-4-7(8)14)19-10(12(16)21)9(11(15)20)17-18-19/h2-5H,1H3,(H2,15,20)(H2,16,21)/t5-/m1/s1. The summed E-state index contributed by atoms with van der Waals surface area (Å²) in [6.07, 6.45) is 0. The van der Waals surface area contributed by atoms with Crippen molar-refractivity contribution in [1.82, 2.24) is 15.0 Å². The Kier molecular flexibility index (Phi) is 3.66. The van der Waals surface area contributed by atoms with Gasteiger partial charge in [0, 0.05) is 5.56 Å². The van der Waals surface area contributed by atoms with Crippen molar-refractivity contribution in [3.63, 3.8) is 0 Å². The van der Waals surface area contributed by atoms with E-state index in [4.69, 9.17) is 11.5 Å². The van der Waals surface area contributed by atoms with Gasteiger partial charge in [0.1, 0.15) is 11.6 Å². The monoisotopic (exact) mass is 295 g/mol. The van der Waals surface area contributed by atoms with Crippen LogP contribution in [0.2, 0.25) is 0 Å². The van der Waals surface area contributed by atoms with Crippen LogP contribution in [0.5, 0.6) is 0 Å².